The van der Waals surface area contributed by atoms with Crippen LogP contribution in [0.2, 0.25) is 0 Å². The Morgan fingerprint density at radius 1 is 1.20 bits per heavy atom. The van der Waals surface area contributed by atoms with Crippen LogP contribution in [0.25, 0.3) is 0 Å². The number of hydrogen-bond donors (Lipinski definition) is 1. The van der Waals surface area contributed by atoms with Gasteiger partial charge in [0.2, 0.25) is 5.91 Å². The van der Waals surface area contributed by atoms with Gasteiger partial charge in [0, 0.05) is 26.2 Å². The molecule has 3 aliphatic rings. The smallest absolute Gasteiger partial charge is 0.317 e. The van der Waals surface area contributed by atoms with Crippen molar-refractivity contribution in [3.63, 3.8) is 0 Å². The Morgan fingerprint density at radius 3 is 2.84 bits per heavy atom. The lowest BCUT2D eigenvalue weighted by atomic mass is 10.0. The van der Waals surface area contributed by atoms with Crippen molar-refractivity contribution < 1.29 is 19.1 Å². The second-order valence-electron chi connectivity index (χ2n) is 6.72. The Morgan fingerprint density at radius 2 is 2.04 bits per heavy atom. The molecule has 1 aromatic rings. The van der Waals surface area contributed by atoms with Gasteiger partial charge in [0.1, 0.15) is 13.2 Å². The molecule has 0 bridgehead atoms. The summed E-state index contributed by atoms with van der Waals surface area (Å²) in [7, 11) is 0. The monoisotopic (exact) mass is 345 g/mol. The molecule has 0 radical (unpaired) electrons. The molecule has 25 heavy (non-hydrogen) atoms. The normalized spacial score (nSPS) is 22.7. The zero-order valence-electron chi connectivity index (χ0n) is 14.2. The van der Waals surface area contributed by atoms with Crippen LogP contribution in [0.5, 0.6) is 11.5 Å². The number of ether oxygens (including phenoxy) is 2. The lowest BCUT2D eigenvalue weighted by Gasteiger charge is -2.37. The van der Waals surface area contributed by atoms with Crippen molar-refractivity contribution in [2.24, 2.45) is 0 Å². The zero-order chi connectivity index (χ0) is 17.2. The lowest BCUT2D eigenvalue weighted by molar-refractivity contribution is -0.132. The highest BCUT2D eigenvalue weighted by Crippen LogP contribution is 2.31. The van der Waals surface area contributed by atoms with Crippen LogP contribution in [0.1, 0.15) is 18.4 Å². The van der Waals surface area contributed by atoms with Gasteiger partial charge in [-0.2, -0.15) is 0 Å². The first-order valence-corrected chi connectivity index (χ1v) is 8.91. The summed E-state index contributed by atoms with van der Waals surface area (Å²) in [5.74, 6) is 1.54. The highest BCUT2D eigenvalue weighted by molar-refractivity contribution is 5.80. The number of carbonyl (C=O) groups is 2. The molecule has 0 aromatic heterocycles. The molecule has 3 amide bonds. The van der Waals surface area contributed by atoms with E-state index >= 15 is 0 Å². The second kappa shape index (κ2) is 6.82. The number of nitrogens with zero attached hydrogens (tertiary/aromatic N) is 2. The minimum atomic E-state index is -0.00821. The van der Waals surface area contributed by atoms with Gasteiger partial charge in [-0.05, 0) is 30.5 Å². The van der Waals surface area contributed by atoms with Gasteiger partial charge in [0.15, 0.2) is 11.5 Å². The van der Waals surface area contributed by atoms with Crippen LogP contribution >= 0.6 is 0 Å². The third-order valence-corrected chi connectivity index (χ3v) is 5.04. The van der Waals surface area contributed by atoms with E-state index in [4.69, 9.17) is 9.47 Å². The first kappa shape index (κ1) is 16.1. The third-order valence-electron chi connectivity index (χ3n) is 5.04. The van der Waals surface area contributed by atoms with Gasteiger partial charge in [-0.25, -0.2) is 4.79 Å². The Labute approximate surface area is 146 Å². The van der Waals surface area contributed by atoms with E-state index in [0.717, 1.165) is 37.2 Å². The highest BCUT2D eigenvalue weighted by atomic mass is 16.6. The van der Waals surface area contributed by atoms with E-state index in [-0.39, 0.29) is 18.0 Å². The largest absolute Gasteiger partial charge is 0.486 e. The van der Waals surface area contributed by atoms with Crippen molar-refractivity contribution in [3.05, 3.63) is 23.8 Å². The molecule has 0 aliphatic carbocycles. The molecule has 1 N–H and O–H groups in total. The van der Waals surface area contributed by atoms with Gasteiger partial charge in [-0.15, -0.1) is 0 Å². The van der Waals surface area contributed by atoms with Gasteiger partial charge in [-0.3, -0.25) is 4.79 Å². The van der Waals surface area contributed by atoms with Crippen LogP contribution in [-0.2, 0) is 11.2 Å². The maximum absolute atomic E-state index is 12.7. The Hall–Kier alpha value is -2.44. The van der Waals surface area contributed by atoms with E-state index in [1.54, 1.807) is 0 Å². The molecule has 1 atom stereocenters. The van der Waals surface area contributed by atoms with E-state index in [1.165, 1.54) is 0 Å². The van der Waals surface area contributed by atoms with Crippen molar-refractivity contribution in [1.82, 2.24) is 15.1 Å². The molecule has 3 heterocycles. The zero-order valence-corrected chi connectivity index (χ0v) is 14.2. The summed E-state index contributed by atoms with van der Waals surface area (Å²) in [6.07, 6.45) is 2.23. The minimum Gasteiger partial charge on any atom is -0.486 e. The van der Waals surface area contributed by atoms with Crippen LogP contribution in [0, 0.1) is 0 Å². The van der Waals surface area contributed by atoms with Gasteiger partial charge >= 0.3 is 6.03 Å². The highest BCUT2D eigenvalue weighted by Gasteiger charge is 2.32. The van der Waals surface area contributed by atoms with Gasteiger partial charge < -0.3 is 24.6 Å². The minimum absolute atomic E-state index is 0.00821. The fraction of sp³-hybridized carbons (Fsp3) is 0.556. The molecule has 1 unspecified atom stereocenters. The fourth-order valence-corrected chi connectivity index (χ4v) is 3.75. The molecule has 0 saturated carbocycles. The number of urea groups is 1. The molecule has 2 saturated heterocycles. The average molecular weight is 345 g/mol. The number of likely N-dealkylation sites (tertiary alicyclic amines) is 1. The van der Waals surface area contributed by atoms with Crippen molar-refractivity contribution >= 4 is 11.9 Å². The molecule has 4 rings (SSSR count). The molecule has 3 aliphatic heterocycles. The number of fused-ring (bicyclic) bond motifs is 1. The number of rotatable bonds is 3. The van der Waals surface area contributed by atoms with E-state index < -0.39 is 0 Å². The molecule has 7 heteroatoms. The maximum atomic E-state index is 12.7. The van der Waals surface area contributed by atoms with Crippen molar-refractivity contribution in [1.29, 1.82) is 0 Å². The second-order valence-corrected chi connectivity index (χ2v) is 6.72. The van der Waals surface area contributed by atoms with Crippen molar-refractivity contribution in [3.8, 4) is 11.5 Å². The Balaban J connectivity index is 1.39. The maximum Gasteiger partial charge on any atom is 0.317 e. The van der Waals surface area contributed by atoms with Crippen LogP contribution in [0.3, 0.4) is 0 Å². The van der Waals surface area contributed by atoms with Crippen LogP contribution in [-0.4, -0.2) is 67.2 Å². The summed E-state index contributed by atoms with van der Waals surface area (Å²) in [6.45, 7) is 3.90. The molecule has 1 aromatic carbocycles. The lowest BCUT2D eigenvalue weighted by Crippen LogP contribution is -2.51. The number of carbonyl (C=O) groups excluding carboxylic acids is 2. The first-order chi connectivity index (χ1) is 12.2. The number of piperidine rings is 1. The van der Waals surface area contributed by atoms with Gasteiger partial charge in [0.05, 0.1) is 12.5 Å². The predicted molar refractivity (Wildman–Crippen MR) is 90.8 cm³/mol. The molecular formula is C18H23N3O4. The Kier molecular flexibility index (Phi) is 4.38. The van der Waals surface area contributed by atoms with Crippen LogP contribution in [0.4, 0.5) is 4.79 Å². The predicted octanol–water partition coefficient (Wildman–Crippen LogP) is 1.02. The van der Waals surface area contributed by atoms with Gasteiger partial charge in [-0.1, -0.05) is 6.07 Å². The third kappa shape index (κ3) is 3.36. The molecular weight excluding hydrogens is 322 g/mol. The van der Waals surface area contributed by atoms with Crippen LogP contribution < -0.4 is 14.8 Å². The van der Waals surface area contributed by atoms with Gasteiger partial charge in [0.25, 0.3) is 0 Å². The molecule has 2 fully saturated rings. The quantitative estimate of drug-likeness (QED) is 0.888. The standard InChI is InChI=1S/C18H23N3O4/c22-17(11-13-3-4-15-16(10-13)25-9-8-24-15)20-6-1-2-14(12-20)21-7-5-19-18(21)23/h3-4,10,14H,1-2,5-9,11-12H2,(H,19,23). The molecule has 7 nitrogen and oxygen atoms in total. The molecule has 0 spiro atoms. The average Bonchev–Trinajstić information content (AvgIpc) is 3.08. The van der Waals surface area contributed by atoms with E-state index in [9.17, 15) is 9.59 Å². The topological polar surface area (TPSA) is 71.1 Å². The first-order valence-electron chi connectivity index (χ1n) is 8.91. The van der Waals surface area contributed by atoms with E-state index in [2.05, 4.69) is 5.32 Å². The number of benzene rings is 1. The summed E-state index contributed by atoms with van der Waals surface area (Å²) >= 11 is 0. The number of nitrogens with one attached hydrogen (secondary N) is 1. The van der Waals surface area contributed by atoms with Crippen molar-refractivity contribution in [2.45, 2.75) is 25.3 Å². The Bertz CT molecular complexity index is 678. The summed E-state index contributed by atoms with van der Waals surface area (Å²) in [4.78, 5) is 28.3. The number of amides is 3. The number of hydrogen-bond acceptors (Lipinski definition) is 4. The van der Waals surface area contributed by atoms with Crippen LogP contribution in [0.15, 0.2) is 18.2 Å². The summed E-state index contributed by atoms with van der Waals surface area (Å²) in [6, 6.07) is 5.79. The molecule has 134 valence electrons. The summed E-state index contributed by atoms with van der Waals surface area (Å²) in [5.41, 5.74) is 0.926. The fourth-order valence-electron chi connectivity index (χ4n) is 3.75. The van der Waals surface area contributed by atoms with E-state index in [0.29, 0.717) is 38.5 Å². The SMILES string of the molecule is O=C(Cc1ccc2c(c1)OCCO2)N1CCCC(N2CCNC2=O)C1. The van der Waals surface area contributed by atoms with Crippen molar-refractivity contribution in [2.75, 3.05) is 39.4 Å². The van der Waals surface area contributed by atoms with E-state index in [1.807, 2.05) is 28.0 Å². The summed E-state index contributed by atoms with van der Waals surface area (Å²) < 4.78 is 11.1. The summed E-state index contributed by atoms with van der Waals surface area (Å²) in [5, 5.41) is 2.84.